The van der Waals surface area contributed by atoms with Crippen LogP contribution in [0.2, 0.25) is 0 Å². The molecule has 2 heteroatoms. The normalized spacial score (nSPS) is 10.2. The predicted octanol–water partition coefficient (Wildman–Crippen LogP) is 4.03. The van der Waals surface area contributed by atoms with Crippen molar-refractivity contribution in [1.82, 2.24) is 0 Å². The summed E-state index contributed by atoms with van der Waals surface area (Å²) in [7, 11) is 0. The van der Waals surface area contributed by atoms with E-state index < -0.39 is 0 Å². The molecule has 0 bridgehead atoms. The highest BCUT2D eigenvalue weighted by molar-refractivity contribution is 7.97. The molecule has 0 heterocycles. The van der Waals surface area contributed by atoms with Crippen molar-refractivity contribution in [3.63, 3.8) is 0 Å². The maximum Gasteiger partial charge on any atom is 0.150 e. The van der Waals surface area contributed by atoms with Gasteiger partial charge in [-0.15, -0.1) is 0 Å². The summed E-state index contributed by atoms with van der Waals surface area (Å²) in [6.45, 7) is 0. The van der Waals surface area contributed by atoms with Crippen LogP contribution in [-0.2, 0) is 5.75 Å². The number of carbonyl (C=O) groups excluding carboxylic acids is 1. The standard InChI is InChI=1S/C15H14OS/c1-17-11-13-3-2-4-15(9-13)14-7-5-12(10-16)6-8-14/h2-10H,11H2,1H3. The van der Waals surface area contributed by atoms with E-state index in [1.807, 2.05) is 36.0 Å². The number of carbonyl (C=O) groups is 1. The third-order valence-electron chi connectivity index (χ3n) is 2.62. The van der Waals surface area contributed by atoms with Crippen molar-refractivity contribution in [2.24, 2.45) is 0 Å². The van der Waals surface area contributed by atoms with E-state index >= 15 is 0 Å². The smallest absolute Gasteiger partial charge is 0.150 e. The highest BCUT2D eigenvalue weighted by Crippen LogP contribution is 2.22. The molecular formula is C15H14OS. The molecule has 86 valence electrons. The van der Waals surface area contributed by atoms with Gasteiger partial charge in [0.15, 0.2) is 0 Å². The van der Waals surface area contributed by atoms with Gasteiger partial charge >= 0.3 is 0 Å². The zero-order valence-electron chi connectivity index (χ0n) is 9.72. The van der Waals surface area contributed by atoms with E-state index in [4.69, 9.17) is 0 Å². The van der Waals surface area contributed by atoms with E-state index in [9.17, 15) is 4.79 Å². The minimum atomic E-state index is 0.717. The molecule has 2 aromatic rings. The van der Waals surface area contributed by atoms with Crippen molar-refractivity contribution in [3.05, 3.63) is 59.7 Å². The molecule has 0 N–H and O–H groups in total. The zero-order valence-corrected chi connectivity index (χ0v) is 10.5. The highest BCUT2D eigenvalue weighted by atomic mass is 32.2. The molecule has 17 heavy (non-hydrogen) atoms. The molecule has 0 amide bonds. The maximum absolute atomic E-state index is 10.6. The molecule has 0 aromatic heterocycles. The topological polar surface area (TPSA) is 17.1 Å². The molecule has 2 aromatic carbocycles. The summed E-state index contributed by atoms with van der Waals surface area (Å²) in [5.74, 6) is 1.03. The number of hydrogen-bond donors (Lipinski definition) is 0. The monoisotopic (exact) mass is 242 g/mol. The zero-order chi connectivity index (χ0) is 12.1. The molecule has 1 nitrogen and oxygen atoms in total. The van der Waals surface area contributed by atoms with Crippen LogP contribution in [0.1, 0.15) is 15.9 Å². The lowest BCUT2D eigenvalue weighted by Crippen LogP contribution is -1.84. The number of hydrogen-bond acceptors (Lipinski definition) is 2. The lowest BCUT2D eigenvalue weighted by Gasteiger charge is -2.04. The van der Waals surface area contributed by atoms with E-state index in [0.29, 0.717) is 5.56 Å². The van der Waals surface area contributed by atoms with Gasteiger partial charge in [-0.3, -0.25) is 4.79 Å². The van der Waals surface area contributed by atoms with Gasteiger partial charge in [-0.05, 0) is 22.9 Å². The van der Waals surface area contributed by atoms with Crippen LogP contribution in [0, 0.1) is 0 Å². The number of thioether (sulfide) groups is 1. The maximum atomic E-state index is 10.6. The summed E-state index contributed by atoms with van der Waals surface area (Å²) in [6, 6.07) is 16.2. The fourth-order valence-electron chi connectivity index (χ4n) is 1.76. The number of benzene rings is 2. The Kier molecular flexibility index (Phi) is 3.99. The minimum absolute atomic E-state index is 0.717. The first-order chi connectivity index (χ1) is 8.33. The number of aldehydes is 1. The van der Waals surface area contributed by atoms with E-state index in [1.54, 1.807) is 0 Å². The molecule has 0 aliphatic rings. The van der Waals surface area contributed by atoms with Gasteiger partial charge in [0.05, 0.1) is 0 Å². The molecule has 2 rings (SSSR count). The SMILES string of the molecule is CSCc1cccc(-c2ccc(C=O)cc2)c1. The second-order valence-corrected chi connectivity index (χ2v) is 4.74. The van der Waals surface area contributed by atoms with Crippen molar-refractivity contribution in [2.75, 3.05) is 6.26 Å². The molecule has 0 atom stereocenters. The molecule has 0 saturated carbocycles. The fourth-order valence-corrected chi connectivity index (χ4v) is 2.27. The van der Waals surface area contributed by atoms with Crippen LogP contribution in [0.4, 0.5) is 0 Å². The fraction of sp³-hybridized carbons (Fsp3) is 0.133. The van der Waals surface area contributed by atoms with Gasteiger partial charge in [-0.25, -0.2) is 0 Å². The van der Waals surface area contributed by atoms with Crippen molar-refractivity contribution in [1.29, 1.82) is 0 Å². The Labute approximate surface area is 106 Å². The van der Waals surface area contributed by atoms with Crippen molar-refractivity contribution in [2.45, 2.75) is 5.75 Å². The van der Waals surface area contributed by atoms with Gasteiger partial charge in [0, 0.05) is 11.3 Å². The largest absolute Gasteiger partial charge is 0.298 e. The molecule has 0 saturated heterocycles. The van der Waals surface area contributed by atoms with Gasteiger partial charge in [0.2, 0.25) is 0 Å². The van der Waals surface area contributed by atoms with E-state index in [-0.39, 0.29) is 0 Å². The Morgan fingerprint density at radius 3 is 2.47 bits per heavy atom. The lowest BCUT2D eigenvalue weighted by atomic mass is 10.0. The lowest BCUT2D eigenvalue weighted by molar-refractivity contribution is 0.112. The molecule has 0 unspecified atom stereocenters. The predicted molar refractivity (Wildman–Crippen MR) is 74.5 cm³/mol. The second-order valence-electron chi connectivity index (χ2n) is 3.87. The summed E-state index contributed by atoms with van der Waals surface area (Å²) in [6.07, 6.45) is 2.97. The van der Waals surface area contributed by atoms with Gasteiger partial charge in [-0.2, -0.15) is 11.8 Å². The third-order valence-corrected chi connectivity index (χ3v) is 3.24. The summed E-state index contributed by atoms with van der Waals surface area (Å²) in [5.41, 5.74) is 4.40. The van der Waals surface area contributed by atoms with Gasteiger partial charge < -0.3 is 0 Å². The van der Waals surface area contributed by atoms with Gasteiger partial charge in [0.25, 0.3) is 0 Å². The third kappa shape index (κ3) is 2.98. The Balaban J connectivity index is 2.31. The molecule has 0 aliphatic heterocycles. The molecule has 0 radical (unpaired) electrons. The average Bonchev–Trinajstić information content (AvgIpc) is 2.40. The molecule has 0 aliphatic carbocycles. The van der Waals surface area contributed by atoms with E-state index in [1.165, 1.54) is 11.1 Å². The van der Waals surface area contributed by atoms with Crippen molar-refractivity contribution in [3.8, 4) is 11.1 Å². The van der Waals surface area contributed by atoms with E-state index in [2.05, 4.69) is 30.5 Å². The van der Waals surface area contributed by atoms with Crippen LogP contribution >= 0.6 is 11.8 Å². The quantitative estimate of drug-likeness (QED) is 0.753. The Morgan fingerprint density at radius 1 is 1.06 bits per heavy atom. The first-order valence-corrected chi connectivity index (χ1v) is 6.86. The van der Waals surface area contributed by atoms with Crippen LogP contribution in [-0.4, -0.2) is 12.5 Å². The summed E-state index contributed by atoms with van der Waals surface area (Å²) < 4.78 is 0. The van der Waals surface area contributed by atoms with Crippen molar-refractivity contribution < 1.29 is 4.79 Å². The Bertz CT molecular complexity index is 503. The van der Waals surface area contributed by atoms with Crippen LogP contribution in [0.25, 0.3) is 11.1 Å². The second kappa shape index (κ2) is 5.69. The van der Waals surface area contributed by atoms with E-state index in [0.717, 1.165) is 17.6 Å². The number of rotatable bonds is 4. The molecular weight excluding hydrogens is 228 g/mol. The first kappa shape index (κ1) is 11.9. The van der Waals surface area contributed by atoms with Crippen LogP contribution in [0.3, 0.4) is 0 Å². The van der Waals surface area contributed by atoms with Crippen molar-refractivity contribution >= 4 is 18.0 Å². The highest BCUT2D eigenvalue weighted by Gasteiger charge is 1.99. The van der Waals surface area contributed by atoms with Gasteiger partial charge in [0.1, 0.15) is 6.29 Å². The summed E-state index contributed by atoms with van der Waals surface area (Å²) >= 11 is 1.82. The summed E-state index contributed by atoms with van der Waals surface area (Å²) in [4.78, 5) is 10.6. The summed E-state index contributed by atoms with van der Waals surface area (Å²) in [5, 5.41) is 0. The molecule has 0 spiro atoms. The van der Waals surface area contributed by atoms with Gasteiger partial charge in [-0.1, -0.05) is 48.5 Å². The minimum Gasteiger partial charge on any atom is -0.298 e. The molecule has 0 fully saturated rings. The van der Waals surface area contributed by atoms with Crippen LogP contribution in [0.5, 0.6) is 0 Å². The van der Waals surface area contributed by atoms with Crippen LogP contribution in [0.15, 0.2) is 48.5 Å². The Hall–Kier alpha value is -1.54. The average molecular weight is 242 g/mol. The Morgan fingerprint density at radius 2 is 1.82 bits per heavy atom. The van der Waals surface area contributed by atoms with Crippen LogP contribution < -0.4 is 0 Å². The first-order valence-electron chi connectivity index (χ1n) is 5.47.